The van der Waals surface area contributed by atoms with Crippen molar-refractivity contribution in [2.75, 3.05) is 38.3 Å². The molecule has 1 aliphatic heterocycles. The molecule has 0 atom stereocenters. The maximum atomic E-state index is 8.57. The number of aliphatic hydroxyl groups is 1. The number of nitrogens with zero attached hydrogens (tertiary/aromatic N) is 5. The van der Waals surface area contributed by atoms with Gasteiger partial charge in [-0.15, -0.1) is 25.5 Å². The van der Waals surface area contributed by atoms with Crippen LogP contribution in [-0.2, 0) is 4.74 Å². The molecule has 0 spiro atoms. The number of aliphatic imine (C=N–C) groups is 1. The number of aliphatic hydroxyl groups excluding tert-OH is 1. The molecule has 1 fully saturated rings. The second kappa shape index (κ2) is 16.1. The fourth-order valence-corrected chi connectivity index (χ4v) is 3.27. The maximum Gasteiger partial charge on any atom is 0.162 e. The lowest BCUT2D eigenvalue weighted by Gasteiger charge is -2.29. The van der Waals surface area contributed by atoms with Crippen molar-refractivity contribution in [3.05, 3.63) is 53.4 Å². The van der Waals surface area contributed by atoms with Gasteiger partial charge in [-0.3, -0.25) is 4.99 Å². The van der Waals surface area contributed by atoms with Crippen molar-refractivity contribution in [1.82, 2.24) is 9.97 Å². The monoisotopic (exact) mass is 480 g/mol. The summed E-state index contributed by atoms with van der Waals surface area (Å²) in [6.07, 6.45) is 16.5. The number of nitrogens with two attached hydrogens (primary N) is 1. The van der Waals surface area contributed by atoms with E-state index in [9.17, 15) is 0 Å². The topological polar surface area (TPSA) is 109 Å². The number of anilines is 1. The number of terminal acetylenes is 1. The lowest BCUT2D eigenvalue weighted by molar-refractivity contribution is 0.122. The highest BCUT2D eigenvalue weighted by Crippen LogP contribution is 2.30. The molecule has 34 heavy (non-hydrogen) atoms. The number of ether oxygens (including phenoxy) is 1. The number of allylic oxidation sites excluding steroid dienone is 3. The van der Waals surface area contributed by atoms with Crippen LogP contribution in [0.15, 0.2) is 57.2 Å². The van der Waals surface area contributed by atoms with Crippen molar-refractivity contribution in [1.29, 1.82) is 0 Å². The summed E-state index contributed by atoms with van der Waals surface area (Å²) in [6.45, 7) is 6.63. The van der Waals surface area contributed by atoms with E-state index in [1.165, 1.54) is 6.21 Å². The van der Waals surface area contributed by atoms with E-state index in [4.69, 9.17) is 25.7 Å². The minimum absolute atomic E-state index is 0.211. The molecular weight excluding hydrogens is 448 g/mol. The van der Waals surface area contributed by atoms with Gasteiger partial charge in [-0.2, -0.15) is 5.10 Å². The summed E-state index contributed by atoms with van der Waals surface area (Å²) in [5.74, 6) is 7.00. The largest absolute Gasteiger partial charge is 0.507 e. The van der Waals surface area contributed by atoms with Gasteiger partial charge in [0.2, 0.25) is 0 Å². The van der Waals surface area contributed by atoms with Crippen LogP contribution < -0.4 is 10.7 Å². The Morgan fingerprint density at radius 1 is 1.21 bits per heavy atom. The Bertz CT molecular complexity index is 1040. The molecule has 180 valence electrons. The first-order valence-corrected chi connectivity index (χ1v) is 11.0. The Kier molecular flexibility index (Phi) is 13.4. The Labute approximate surface area is 207 Å². The number of hydrogen-bond acceptors (Lipinski definition) is 9. The SMILES string of the molecule is C#C.C/C=C(/O)C=NC.C/C=C/c1nc(-c2ccccc2/C=N\N)nc(N2CCOCC2)c1S. The van der Waals surface area contributed by atoms with E-state index in [0.29, 0.717) is 19.0 Å². The number of morpholine rings is 1. The molecule has 8 nitrogen and oxygen atoms in total. The van der Waals surface area contributed by atoms with Crippen LogP contribution in [0, 0.1) is 12.8 Å². The molecule has 3 N–H and O–H groups in total. The lowest BCUT2D eigenvalue weighted by atomic mass is 10.1. The second-order valence-electron chi connectivity index (χ2n) is 6.67. The van der Waals surface area contributed by atoms with Crippen LogP contribution in [0.1, 0.15) is 25.1 Å². The molecule has 1 aromatic carbocycles. The Hall–Kier alpha value is -3.61. The van der Waals surface area contributed by atoms with Gasteiger partial charge in [-0.25, -0.2) is 9.97 Å². The summed E-state index contributed by atoms with van der Waals surface area (Å²) in [7, 11) is 1.61. The molecule has 3 rings (SSSR count). The van der Waals surface area contributed by atoms with Crippen molar-refractivity contribution in [3.8, 4) is 24.2 Å². The predicted octanol–water partition coefficient (Wildman–Crippen LogP) is 3.99. The summed E-state index contributed by atoms with van der Waals surface area (Å²) in [5.41, 5.74) is 2.54. The van der Waals surface area contributed by atoms with Gasteiger partial charge < -0.3 is 20.6 Å². The Morgan fingerprint density at radius 3 is 2.44 bits per heavy atom. The molecule has 1 aliphatic rings. The fraction of sp³-hybridized carbons (Fsp3) is 0.280. The summed E-state index contributed by atoms with van der Waals surface area (Å²) >= 11 is 4.68. The molecule has 0 amide bonds. The molecule has 0 unspecified atom stereocenters. The number of aromatic nitrogens is 2. The third kappa shape index (κ3) is 8.39. The average Bonchev–Trinajstić information content (AvgIpc) is 2.88. The van der Waals surface area contributed by atoms with Gasteiger partial charge >= 0.3 is 0 Å². The van der Waals surface area contributed by atoms with Gasteiger partial charge in [0.05, 0.1) is 36.2 Å². The van der Waals surface area contributed by atoms with Crippen LogP contribution >= 0.6 is 12.6 Å². The van der Waals surface area contributed by atoms with Gasteiger partial charge in [0, 0.05) is 31.3 Å². The first kappa shape index (κ1) is 28.4. The van der Waals surface area contributed by atoms with Crippen LogP contribution in [0.25, 0.3) is 17.5 Å². The molecular formula is C25H32N6O2S. The quantitative estimate of drug-likeness (QED) is 0.149. The molecule has 0 bridgehead atoms. The van der Waals surface area contributed by atoms with Gasteiger partial charge in [0.25, 0.3) is 0 Å². The summed E-state index contributed by atoms with van der Waals surface area (Å²) in [5, 5.41) is 12.2. The molecule has 2 heterocycles. The highest BCUT2D eigenvalue weighted by Gasteiger charge is 2.20. The van der Waals surface area contributed by atoms with Gasteiger partial charge in [-0.1, -0.05) is 30.3 Å². The highest BCUT2D eigenvalue weighted by atomic mass is 32.1. The van der Waals surface area contributed by atoms with E-state index < -0.39 is 0 Å². The zero-order valence-corrected chi connectivity index (χ0v) is 20.7. The van der Waals surface area contributed by atoms with Crippen molar-refractivity contribution < 1.29 is 9.84 Å². The zero-order valence-electron chi connectivity index (χ0n) is 19.8. The minimum Gasteiger partial charge on any atom is -0.507 e. The van der Waals surface area contributed by atoms with Crippen molar-refractivity contribution in [2.45, 2.75) is 18.7 Å². The molecule has 0 saturated carbocycles. The predicted molar refractivity (Wildman–Crippen MR) is 145 cm³/mol. The van der Waals surface area contributed by atoms with Crippen LogP contribution in [-0.4, -0.2) is 60.9 Å². The van der Waals surface area contributed by atoms with Gasteiger partial charge in [0.1, 0.15) is 11.6 Å². The molecule has 1 aromatic heterocycles. The first-order valence-electron chi connectivity index (χ1n) is 10.6. The van der Waals surface area contributed by atoms with Crippen LogP contribution in [0.4, 0.5) is 5.82 Å². The summed E-state index contributed by atoms with van der Waals surface area (Å²) < 4.78 is 5.45. The van der Waals surface area contributed by atoms with Crippen molar-refractivity contribution >= 4 is 37.0 Å². The standard InChI is InChI=1S/C18H21N5OS.C5H9NO.C2H2/c1-2-5-15-16(25)18(23-8-10-24-11-9-23)22-17(21-15)14-7-4-3-6-13(14)12-20-19;1-3-5(7)4-6-2;1-2/h2-7,12,25H,8-11,19H2,1H3;3-4,7H,1-2H3;1-2H/b5-2+,20-12-;5-3+,6-4?;. The normalized spacial score (nSPS) is 14.1. The summed E-state index contributed by atoms with van der Waals surface area (Å²) in [4.78, 5) is 16.0. The van der Waals surface area contributed by atoms with Crippen LogP contribution in [0.3, 0.4) is 0 Å². The highest BCUT2D eigenvalue weighted by molar-refractivity contribution is 7.80. The van der Waals surface area contributed by atoms with Crippen LogP contribution in [0.2, 0.25) is 0 Å². The smallest absolute Gasteiger partial charge is 0.162 e. The van der Waals surface area contributed by atoms with E-state index in [-0.39, 0.29) is 5.76 Å². The van der Waals surface area contributed by atoms with Gasteiger partial charge in [0.15, 0.2) is 5.82 Å². The fourth-order valence-electron chi connectivity index (χ4n) is 2.95. The number of hydrogen-bond donors (Lipinski definition) is 3. The molecule has 9 heteroatoms. The maximum absolute atomic E-state index is 8.57. The minimum atomic E-state index is 0.211. The first-order chi connectivity index (χ1) is 16.5. The third-order valence-electron chi connectivity index (χ3n) is 4.50. The number of rotatable bonds is 5. The van der Waals surface area contributed by atoms with E-state index in [2.05, 4.69) is 40.5 Å². The number of hydrazone groups is 1. The molecule has 1 saturated heterocycles. The molecule has 0 aliphatic carbocycles. The van der Waals surface area contributed by atoms with E-state index in [1.54, 1.807) is 26.3 Å². The zero-order chi connectivity index (χ0) is 25.3. The van der Waals surface area contributed by atoms with Gasteiger partial charge in [-0.05, 0) is 26.0 Å². The Morgan fingerprint density at radius 2 is 1.88 bits per heavy atom. The van der Waals surface area contributed by atoms with Crippen molar-refractivity contribution in [3.63, 3.8) is 0 Å². The average molecular weight is 481 g/mol. The van der Waals surface area contributed by atoms with E-state index in [0.717, 1.165) is 40.6 Å². The van der Waals surface area contributed by atoms with Crippen LogP contribution in [0.5, 0.6) is 0 Å². The second-order valence-corrected chi connectivity index (χ2v) is 7.12. The lowest BCUT2D eigenvalue weighted by Crippen LogP contribution is -2.37. The third-order valence-corrected chi connectivity index (χ3v) is 4.93. The summed E-state index contributed by atoms with van der Waals surface area (Å²) in [6, 6.07) is 7.79. The molecule has 0 radical (unpaired) electrons. The number of benzene rings is 1. The number of thiol groups is 1. The molecule has 2 aromatic rings. The van der Waals surface area contributed by atoms with E-state index >= 15 is 0 Å². The van der Waals surface area contributed by atoms with E-state index in [1.807, 2.05) is 43.3 Å². The van der Waals surface area contributed by atoms with Crippen molar-refractivity contribution in [2.24, 2.45) is 15.9 Å². The Balaban J connectivity index is 0.000000553.